The Hall–Kier alpha value is -1.56. The van der Waals surface area contributed by atoms with Crippen molar-refractivity contribution in [3.8, 4) is 0 Å². The molecular formula is C17H22FNO3S. The molecule has 0 aliphatic carbocycles. The Labute approximate surface area is 140 Å². The van der Waals surface area contributed by atoms with Gasteiger partial charge in [0.25, 0.3) is 0 Å². The second kappa shape index (κ2) is 7.34. The zero-order valence-electron chi connectivity index (χ0n) is 13.4. The maximum absolute atomic E-state index is 12.9. The SMILES string of the molecule is CC(CSc1ccc(F)cc1)C(=O)N1CCCC(C)(C(=O)O)C1. The predicted octanol–water partition coefficient (Wildman–Crippen LogP) is 3.27. The number of nitrogens with zero attached hydrogens (tertiary/aromatic N) is 1. The Morgan fingerprint density at radius 3 is 2.65 bits per heavy atom. The highest BCUT2D eigenvalue weighted by atomic mass is 32.2. The van der Waals surface area contributed by atoms with Crippen LogP contribution in [-0.2, 0) is 9.59 Å². The predicted molar refractivity (Wildman–Crippen MR) is 87.8 cm³/mol. The summed E-state index contributed by atoms with van der Waals surface area (Å²) in [5, 5.41) is 9.34. The van der Waals surface area contributed by atoms with Crippen LogP contribution in [0.15, 0.2) is 29.2 Å². The number of hydrogen-bond acceptors (Lipinski definition) is 3. The zero-order chi connectivity index (χ0) is 17.0. The lowest BCUT2D eigenvalue weighted by atomic mass is 9.82. The Balaban J connectivity index is 1.91. The number of piperidine rings is 1. The number of aliphatic carboxylic acids is 1. The number of benzene rings is 1. The van der Waals surface area contributed by atoms with Crippen molar-refractivity contribution < 1.29 is 19.1 Å². The molecule has 1 fully saturated rings. The van der Waals surface area contributed by atoms with E-state index >= 15 is 0 Å². The zero-order valence-corrected chi connectivity index (χ0v) is 14.2. The van der Waals surface area contributed by atoms with Crippen LogP contribution >= 0.6 is 11.8 Å². The topological polar surface area (TPSA) is 57.6 Å². The van der Waals surface area contributed by atoms with Gasteiger partial charge in [-0.15, -0.1) is 11.8 Å². The van der Waals surface area contributed by atoms with Crippen LogP contribution in [-0.4, -0.2) is 40.7 Å². The van der Waals surface area contributed by atoms with Gasteiger partial charge in [0, 0.05) is 29.7 Å². The average Bonchev–Trinajstić information content (AvgIpc) is 2.53. The molecule has 1 saturated heterocycles. The van der Waals surface area contributed by atoms with Crippen molar-refractivity contribution in [3.05, 3.63) is 30.1 Å². The van der Waals surface area contributed by atoms with E-state index in [0.29, 0.717) is 25.1 Å². The van der Waals surface area contributed by atoms with Gasteiger partial charge in [-0.2, -0.15) is 0 Å². The molecule has 1 aliphatic heterocycles. The molecule has 1 heterocycles. The normalized spacial score (nSPS) is 22.7. The number of carbonyl (C=O) groups excluding carboxylic acids is 1. The number of carboxylic acid groups (broad SMARTS) is 1. The molecule has 1 aliphatic rings. The molecule has 1 aromatic rings. The van der Waals surface area contributed by atoms with Crippen LogP contribution in [0.5, 0.6) is 0 Å². The van der Waals surface area contributed by atoms with Crippen molar-refractivity contribution in [2.75, 3.05) is 18.8 Å². The van der Waals surface area contributed by atoms with Gasteiger partial charge in [0.2, 0.25) is 5.91 Å². The van der Waals surface area contributed by atoms with E-state index in [1.54, 1.807) is 24.0 Å². The van der Waals surface area contributed by atoms with Gasteiger partial charge in [-0.3, -0.25) is 9.59 Å². The molecule has 0 aromatic heterocycles. The second-order valence-corrected chi connectivity index (χ2v) is 7.49. The lowest BCUT2D eigenvalue weighted by Crippen LogP contribution is -2.50. The molecule has 23 heavy (non-hydrogen) atoms. The van der Waals surface area contributed by atoms with E-state index in [4.69, 9.17) is 0 Å². The van der Waals surface area contributed by atoms with E-state index in [1.165, 1.54) is 23.9 Å². The summed E-state index contributed by atoms with van der Waals surface area (Å²) in [7, 11) is 0. The van der Waals surface area contributed by atoms with E-state index < -0.39 is 11.4 Å². The summed E-state index contributed by atoms with van der Waals surface area (Å²) >= 11 is 1.51. The van der Waals surface area contributed by atoms with Gasteiger partial charge in [-0.1, -0.05) is 6.92 Å². The highest BCUT2D eigenvalue weighted by Gasteiger charge is 2.40. The standard InChI is InChI=1S/C17H22FNO3S/c1-12(10-23-14-6-4-13(18)5-7-14)15(20)19-9-3-8-17(2,11-19)16(21)22/h4-7,12H,3,8-11H2,1-2H3,(H,21,22). The molecule has 2 unspecified atom stereocenters. The van der Waals surface area contributed by atoms with Gasteiger partial charge in [0.05, 0.1) is 5.41 Å². The Morgan fingerprint density at radius 1 is 1.39 bits per heavy atom. The molecule has 0 spiro atoms. The van der Waals surface area contributed by atoms with Crippen LogP contribution in [0.2, 0.25) is 0 Å². The van der Waals surface area contributed by atoms with E-state index in [0.717, 1.165) is 4.90 Å². The summed E-state index contributed by atoms with van der Waals surface area (Å²) in [6.45, 7) is 4.44. The molecule has 0 saturated carbocycles. The minimum Gasteiger partial charge on any atom is -0.481 e. The van der Waals surface area contributed by atoms with Crippen LogP contribution < -0.4 is 0 Å². The number of amides is 1. The third-order valence-electron chi connectivity index (χ3n) is 4.26. The number of halogens is 1. The van der Waals surface area contributed by atoms with Crippen molar-refractivity contribution >= 4 is 23.6 Å². The molecule has 1 amide bonds. The Morgan fingerprint density at radius 2 is 2.04 bits per heavy atom. The summed E-state index contributed by atoms with van der Waals surface area (Å²) in [6.07, 6.45) is 1.32. The van der Waals surface area contributed by atoms with Gasteiger partial charge in [0.15, 0.2) is 0 Å². The smallest absolute Gasteiger partial charge is 0.311 e. The fraction of sp³-hybridized carbons (Fsp3) is 0.529. The lowest BCUT2D eigenvalue weighted by molar-refractivity contribution is -0.154. The molecular weight excluding hydrogens is 317 g/mol. The van der Waals surface area contributed by atoms with Crippen molar-refractivity contribution in [2.24, 2.45) is 11.3 Å². The number of hydrogen-bond donors (Lipinski definition) is 1. The van der Waals surface area contributed by atoms with E-state index in [-0.39, 0.29) is 24.2 Å². The molecule has 0 radical (unpaired) electrons. The molecule has 2 rings (SSSR count). The number of rotatable bonds is 5. The number of likely N-dealkylation sites (tertiary alicyclic amines) is 1. The van der Waals surface area contributed by atoms with Crippen molar-refractivity contribution in [3.63, 3.8) is 0 Å². The van der Waals surface area contributed by atoms with Crippen LogP contribution in [0.1, 0.15) is 26.7 Å². The quantitative estimate of drug-likeness (QED) is 0.837. The first-order valence-corrected chi connectivity index (χ1v) is 8.71. The van der Waals surface area contributed by atoms with Crippen LogP contribution in [0.25, 0.3) is 0 Å². The molecule has 6 heteroatoms. The van der Waals surface area contributed by atoms with Crippen molar-refractivity contribution in [1.29, 1.82) is 0 Å². The highest BCUT2D eigenvalue weighted by Crippen LogP contribution is 2.31. The average molecular weight is 339 g/mol. The summed E-state index contributed by atoms with van der Waals surface area (Å²) in [5.41, 5.74) is -0.849. The summed E-state index contributed by atoms with van der Waals surface area (Å²) in [6, 6.07) is 6.19. The summed E-state index contributed by atoms with van der Waals surface area (Å²) in [4.78, 5) is 26.5. The Bertz CT molecular complexity index is 578. The van der Waals surface area contributed by atoms with Crippen LogP contribution in [0.4, 0.5) is 4.39 Å². The fourth-order valence-corrected chi connectivity index (χ4v) is 3.65. The number of thioether (sulfide) groups is 1. The van der Waals surface area contributed by atoms with Gasteiger partial charge < -0.3 is 10.0 Å². The second-order valence-electron chi connectivity index (χ2n) is 6.40. The molecule has 4 nitrogen and oxygen atoms in total. The summed E-state index contributed by atoms with van der Waals surface area (Å²) < 4.78 is 12.9. The maximum Gasteiger partial charge on any atom is 0.311 e. The van der Waals surface area contributed by atoms with Gasteiger partial charge in [-0.25, -0.2) is 4.39 Å². The third kappa shape index (κ3) is 4.47. The minimum absolute atomic E-state index is 0.00760. The lowest BCUT2D eigenvalue weighted by Gasteiger charge is -2.38. The van der Waals surface area contributed by atoms with Gasteiger partial charge in [-0.05, 0) is 44.0 Å². The van der Waals surface area contributed by atoms with Gasteiger partial charge in [0.1, 0.15) is 5.82 Å². The van der Waals surface area contributed by atoms with E-state index in [2.05, 4.69) is 0 Å². The monoisotopic (exact) mass is 339 g/mol. The van der Waals surface area contributed by atoms with Crippen molar-refractivity contribution in [2.45, 2.75) is 31.6 Å². The Kier molecular flexibility index (Phi) is 5.68. The van der Waals surface area contributed by atoms with Gasteiger partial charge >= 0.3 is 5.97 Å². The summed E-state index contributed by atoms with van der Waals surface area (Å²) in [5.74, 6) is -0.749. The maximum atomic E-state index is 12.9. The fourth-order valence-electron chi connectivity index (χ4n) is 2.74. The molecule has 0 bridgehead atoms. The molecule has 1 aromatic carbocycles. The first-order chi connectivity index (χ1) is 10.8. The first kappa shape index (κ1) is 17.8. The van der Waals surface area contributed by atoms with E-state index in [1.807, 2.05) is 6.92 Å². The van der Waals surface area contributed by atoms with Crippen molar-refractivity contribution in [1.82, 2.24) is 4.90 Å². The molecule has 1 N–H and O–H groups in total. The largest absolute Gasteiger partial charge is 0.481 e. The highest BCUT2D eigenvalue weighted by molar-refractivity contribution is 7.99. The minimum atomic E-state index is -0.849. The number of carbonyl (C=O) groups is 2. The van der Waals surface area contributed by atoms with E-state index in [9.17, 15) is 19.1 Å². The molecule has 2 atom stereocenters. The third-order valence-corrected chi connectivity index (χ3v) is 5.53. The van der Waals surface area contributed by atoms with Crippen LogP contribution in [0.3, 0.4) is 0 Å². The molecule has 126 valence electrons. The first-order valence-electron chi connectivity index (χ1n) is 7.72. The number of carboxylic acids is 1. The van der Waals surface area contributed by atoms with Crippen LogP contribution in [0, 0.1) is 17.2 Å².